The Morgan fingerprint density at radius 2 is 1.70 bits per heavy atom. The van der Waals surface area contributed by atoms with Crippen LogP contribution in [0, 0.1) is 0 Å². The molecule has 4 N–H and O–H groups in total. The molecule has 0 radical (unpaired) electrons. The third-order valence-corrected chi connectivity index (χ3v) is 6.46. The third kappa shape index (κ3) is 4.62. The number of hydrogen-bond donors (Lipinski definition) is 3. The van der Waals surface area contributed by atoms with E-state index in [1.54, 1.807) is 12.1 Å². The van der Waals surface area contributed by atoms with E-state index in [0.29, 0.717) is 5.56 Å². The number of nitrogens with two attached hydrogens (primary N) is 1. The van der Waals surface area contributed by atoms with Crippen LogP contribution in [0.5, 0.6) is 0 Å². The fourth-order valence-electron chi connectivity index (χ4n) is 4.68. The van der Waals surface area contributed by atoms with Gasteiger partial charge in [0.25, 0.3) is 5.91 Å². The van der Waals surface area contributed by atoms with E-state index >= 15 is 0 Å². The van der Waals surface area contributed by atoms with Gasteiger partial charge in [-0.05, 0) is 64.9 Å². The predicted octanol–water partition coefficient (Wildman–Crippen LogP) is 3.43. The van der Waals surface area contributed by atoms with Crippen molar-refractivity contribution in [2.75, 3.05) is 31.6 Å². The number of rotatable bonds is 4. The second-order valence-corrected chi connectivity index (χ2v) is 8.39. The van der Waals surface area contributed by atoms with Crippen molar-refractivity contribution in [1.82, 2.24) is 10.4 Å². The molecular weight excluding hydrogens is 416 g/mol. The summed E-state index contributed by atoms with van der Waals surface area (Å²) in [6.07, 6.45) is 2.06. The molecule has 1 amide bonds. The number of hydroxylamine groups is 1. The van der Waals surface area contributed by atoms with Gasteiger partial charge in [-0.1, -0.05) is 42.5 Å². The average molecular weight is 445 g/mol. The molecule has 0 saturated carbocycles. The first-order chi connectivity index (χ1) is 16.2. The van der Waals surface area contributed by atoms with Gasteiger partial charge in [-0.25, -0.2) is 5.48 Å². The van der Waals surface area contributed by atoms with E-state index in [9.17, 15) is 4.79 Å². The normalized spacial score (nSPS) is 18.3. The zero-order chi connectivity index (χ0) is 22.6. The first-order valence-corrected chi connectivity index (χ1v) is 11.3. The summed E-state index contributed by atoms with van der Waals surface area (Å²) in [5.41, 5.74) is 9.98. The smallest absolute Gasteiger partial charge is 0.276 e. The highest BCUT2D eigenvalue weighted by molar-refractivity contribution is 5.94. The van der Waals surface area contributed by atoms with Crippen LogP contribution >= 0.6 is 0 Å². The van der Waals surface area contributed by atoms with Gasteiger partial charge in [-0.15, -0.1) is 0 Å². The molecule has 33 heavy (non-hydrogen) atoms. The summed E-state index contributed by atoms with van der Waals surface area (Å²) in [5, 5.41) is 3.83. The molecule has 1 fully saturated rings. The lowest BCUT2D eigenvalue weighted by atomic mass is 9.91. The molecule has 0 aliphatic carbocycles. The molecule has 3 aromatic rings. The van der Waals surface area contributed by atoms with Crippen molar-refractivity contribution in [2.24, 2.45) is 5.90 Å². The monoisotopic (exact) mass is 444 g/mol. The second kappa shape index (κ2) is 9.72. The van der Waals surface area contributed by atoms with Gasteiger partial charge in [-0.3, -0.25) is 9.69 Å². The summed E-state index contributed by atoms with van der Waals surface area (Å²) in [6.45, 7) is 3.25. The minimum Gasteiger partial charge on any atom is -0.379 e. The van der Waals surface area contributed by atoms with Crippen LogP contribution in [-0.2, 0) is 22.5 Å². The Bertz CT molecular complexity index is 1130. The topological polar surface area (TPSA) is 88.8 Å². The lowest BCUT2D eigenvalue weighted by molar-refractivity contribution is 0.0214. The van der Waals surface area contributed by atoms with Crippen LogP contribution in [-0.4, -0.2) is 37.1 Å². The fourth-order valence-corrected chi connectivity index (χ4v) is 4.68. The summed E-state index contributed by atoms with van der Waals surface area (Å²) < 4.78 is 5.63. The van der Waals surface area contributed by atoms with Gasteiger partial charge in [-0.2, -0.15) is 10.8 Å². The molecule has 3 aromatic carbocycles. The Kier molecular flexibility index (Phi) is 6.37. The van der Waals surface area contributed by atoms with Crippen molar-refractivity contribution in [3.05, 3.63) is 89.0 Å². The number of carbonyl (C=O) groups excluding carboxylic acids is 1. The molecule has 1 atom stereocenters. The van der Waals surface area contributed by atoms with E-state index in [0.717, 1.165) is 50.3 Å². The number of amides is 1. The number of fused-ring (bicyclic) bond motifs is 2. The Morgan fingerprint density at radius 1 is 0.970 bits per heavy atom. The van der Waals surface area contributed by atoms with Crippen LogP contribution in [0.3, 0.4) is 0 Å². The minimum atomic E-state index is -0.377. The van der Waals surface area contributed by atoms with Crippen molar-refractivity contribution in [3.63, 3.8) is 0 Å². The number of aryl methyl sites for hydroxylation is 2. The first kappa shape index (κ1) is 21.6. The highest BCUT2D eigenvalue weighted by atomic mass is 16.8. The van der Waals surface area contributed by atoms with Gasteiger partial charge in [0.2, 0.25) is 0 Å². The van der Waals surface area contributed by atoms with E-state index in [4.69, 9.17) is 10.6 Å². The van der Waals surface area contributed by atoms with Crippen LogP contribution in [0.15, 0.2) is 66.7 Å². The number of ether oxygens (including phenoxy) is 1. The van der Waals surface area contributed by atoms with Crippen LogP contribution in [0.1, 0.15) is 33.2 Å². The summed E-state index contributed by atoms with van der Waals surface area (Å²) in [7, 11) is 0. The maximum atomic E-state index is 11.9. The van der Waals surface area contributed by atoms with Crippen LogP contribution in [0.25, 0.3) is 11.1 Å². The number of morpholine rings is 1. The molecule has 0 bridgehead atoms. The van der Waals surface area contributed by atoms with E-state index < -0.39 is 0 Å². The lowest BCUT2D eigenvalue weighted by Crippen LogP contribution is -2.42. The highest BCUT2D eigenvalue weighted by Crippen LogP contribution is 2.35. The predicted molar refractivity (Wildman–Crippen MR) is 127 cm³/mol. The van der Waals surface area contributed by atoms with Crippen molar-refractivity contribution in [3.8, 4) is 11.1 Å². The molecule has 2 aliphatic rings. The Morgan fingerprint density at radius 3 is 2.48 bits per heavy atom. The number of anilines is 1. The van der Waals surface area contributed by atoms with Gasteiger partial charge < -0.3 is 10.1 Å². The van der Waals surface area contributed by atoms with Gasteiger partial charge in [0.05, 0.1) is 13.2 Å². The molecule has 1 saturated heterocycles. The molecule has 7 nitrogen and oxygen atoms in total. The Hall–Kier alpha value is -3.23. The van der Waals surface area contributed by atoms with Gasteiger partial charge in [0.1, 0.15) is 6.17 Å². The van der Waals surface area contributed by atoms with Gasteiger partial charge >= 0.3 is 0 Å². The van der Waals surface area contributed by atoms with Crippen molar-refractivity contribution in [2.45, 2.75) is 19.0 Å². The molecule has 0 spiro atoms. The standard InChI is InChI=1S/C26H28N4O3/c27-33-29-26(31)21-10-5-18(6-11-21)22-12-8-19-7-9-20-3-1-2-4-24(20)28-25(23(19)17-22)30-13-15-32-16-14-30/h1-6,8,10-12,17,25,28H,7,9,13-16,27H2,(H,29,31). The molecule has 0 aromatic heterocycles. The largest absolute Gasteiger partial charge is 0.379 e. The van der Waals surface area contributed by atoms with E-state index in [-0.39, 0.29) is 12.1 Å². The number of nitrogens with one attached hydrogen (secondary N) is 2. The summed E-state index contributed by atoms with van der Waals surface area (Å²) >= 11 is 0. The Labute approximate surface area is 193 Å². The number of benzene rings is 3. The van der Waals surface area contributed by atoms with E-state index in [2.05, 4.69) is 63.1 Å². The van der Waals surface area contributed by atoms with Crippen molar-refractivity contribution < 1.29 is 14.5 Å². The quantitative estimate of drug-likeness (QED) is 0.535. The van der Waals surface area contributed by atoms with Gasteiger partial charge in [0, 0.05) is 24.3 Å². The molecule has 5 rings (SSSR count). The zero-order valence-electron chi connectivity index (χ0n) is 18.4. The van der Waals surface area contributed by atoms with Crippen LogP contribution in [0.4, 0.5) is 5.69 Å². The fraction of sp³-hybridized carbons (Fsp3) is 0.269. The first-order valence-electron chi connectivity index (χ1n) is 11.3. The molecular formula is C26H28N4O3. The van der Waals surface area contributed by atoms with Crippen LogP contribution in [0.2, 0.25) is 0 Å². The number of nitrogens with zero attached hydrogens (tertiary/aromatic N) is 1. The molecule has 2 aliphatic heterocycles. The molecule has 2 heterocycles. The average Bonchev–Trinajstić information content (AvgIpc) is 2.86. The summed E-state index contributed by atoms with van der Waals surface area (Å²) in [5.74, 6) is 4.55. The third-order valence-electron chi connectivity index (χ3n) is 6.46. The second-order valence-electron chi connectivity index (χ2n) is 8.39. The molecule has 7 heteroatoms. The molecule has 1 unspecified atom stereocenters. The summed E-state index contributed by atoms with van der Waals surface area (Å²) in [6, 6.07) is 22.7. The van der Waals surface area contributed by atoms with Crippen molar-refractivity contribution >= 4 is 11.6 Å². The van der Waals surface area contributed by atoms with Gasteiger partial charge in [0.15, 0.2) is 0 Å². The molecule has 170 valence electrons. The highest BCUT2D eigenvalue weighted by Gasteiger charge is 2.27. The van der Waals surface area contributed by atoms with E-state index in [1.807, 2.05) is 12.1 Å². The maximum absolute atomic E-state index is 11.9. The minimum absolute atomic E-state index is 0.0667. The Balaban J connectivity index is 1.51. The SMILES string of the molecule is NONC(=O)c1ccc(-c2ccc3c(c2)C(N2CCOCC2)Nc2ccccc2CC3)cc1. The summed E-state index contributed by atoms with van der Waals surface area (Å²) in [4.78, 5) is 18.6. The maximum Gasteiger partial charge on any atom is 0.276 e. The number of carbonyl (C=O) groups is 1. The zero-order valence-corrected chi connectivity index (χ0v) is 18.4. The van der Waals surface area contributed by atoms with Crippen LogP contribution < -0.4 is 16.7 Å². The van der Waals surface area contributed by atoms with Crippen molar-refractivity contribution in [1.29, 1.82) is 0 Å². The number of hydrogen-bond acceptors (Lipinski definition) is 6. The number of para-hydroxylation sites is 1. The van der Waals surface area contributed by atoms with E-state index in [1.165, 1.54) is 22.4 Å². The lowest BCUT2D eigenvalue weighted by Gasteiger charge is -2.38.